The van der Waals surface area contributed by atoms with Crippen molar-refractivity contribution in [3.63, 3.8) is 0 Å². The van der Waals surface area contributed by atoms with E-state index in [1.807, 2.05) is 30.3 Å². The zero-order chi connectivity index (χ0) is 25.9. The number of hydrogen-bond donors (Lipinski definition) is 2. The molecule has 2 amide bonds. The molecule has 8 nitrogen and oxygen atoms in total. The highest BCUT2D eigenvalue weighted by Gasteiger charge is 2.22. The number of hydrogen-bond acceptors (Lipinski definition) is 6. The van der Waals surface area contributed by atoms with Gasteiger partial charge in [0, 0.05) is 24.3 Å². The van der Waals surface area contributed by atoms with Crippen LogP contribution in [0.3, 0.4) is 0 Å². The fourth-order valence-electron chi connectivity index (χ4n) is 3.36. The highest BCUT2D eigenvalue weighted by molar-refractivity contribution is 5.97. The Morgan fingerprint density at radius 1 is 0.892 bits per heavy atom. The normalized spacial score (nSPS) is 11.4. The maximum absolute atomic E-state index is 13.1. The van der Waals surface area contributed by atoms with Crippen LogP contribution >= 0.6 is 0 Å². The average Bonchev–Trinajstić information content (AvgIpc) is 2.91. The van der Waals surface area contributed by atoms with Crippen molar-refractivity contribution in [2.75, 3.05) is 11.9 Å². The van der Waals surface area contributed by atoms with Crippen molar-refractivity contribution in [2.24, 2.45) is 0 Å². The third-order valence-electron chi connectivity index (χ3n) is 5.18. The van der Waals surface area contributed by atoms with Crippen molar-refractivity contribution < 1.29 is 23.5 Å². The number of nitrogens with zero attached hydrogens (tertiary/aromatic N) is 2. The molecule has 1 unspecified atom stereocenters. The topological polar surface area (TPSA) is 102 Å². The van der Waals surface area contributed by atoms with Gasteiger partial charge in [-0.1, -0.05) is 30.3 Å². The molecule has 0 radical (unpaired) electrons. The SMILES string of the molecule is O=C(Cc1cnccn1)NC(COCc1ccccc1)C(=O)Nc1ccc(Oc2ccc(F)cc2)cc1. The minimum Gasteiger partial charge on any atom is -0.457 e. The van der Waals surface area contributed by atoms with E-state index in [0.29, 0.717) is 29.5 Å². The van der Waals surface area contributed by atoms with Gasteiger partial charge in [-0.15, -0.1) is 0 Å². The molecule has 0 bridgehead atoms. The number of amides is 2. The van der Waals surface area contributed by atoms with Crippen LogP contribution in [0.1, 0.15) is 11.3 Å². The van der Waals surface area contributed by atoms with E-state index in [0.717, 1.165) is 5.56 Å². The minimum atomic E-state index is -0.942. The van der Waals surface area contributed by atoms with E-state index in [2.05, 4.69) is 20.6 Å². The molecule has 0 aliphatic carbocycles. The van der Waals surface area contributed by atoms with Crippen LogP contribution in [0.4, 0.5) is 10.1 Å². The van der Waals surface area contributed by atoms with E-state index in [1.54, 1.807) is 24.3 Å². The van der Waals surface area contributed by atoms with E-state index in [4.69, 9.17) is 9.47 Å². The number of halogens is 1. The second-order valence-corrected chi connectivity index (χ2v) is 8.06. The van der Waals surface area contributed by atoms with E-state index in [-0.39, 0.29) is 24.8 Å². The maximum atomic E-state index is 13.1. The molecule has 1 aromatic heterocycles. The fourth-order valence-corrected chi connectivity index (χ4v) is 3.36. The van der Waals surface area contributed by atoms with Gasteiger partial charge in [0.2, 0.25) is 11.8 Å². The van der Waals surface area contributed by atoms with Gasteiger partial charge in [0.1, 0.15) is 23.4 Å². The number of benzene rings is 3. The van der Waals surface area contributed by atoms with Crippen LogP contribution in [0.5, 0.6) is 11.5 Å². The van der Waals surface area contributed by atoms with E-state index in [1.165, 1.54) is 42.9 Å². The first-order chi connectivity index (χ1) is 18.0. The fraction of sp³-hybridized carbons (Fsp3) is 0.143. The van der Waals surface area contributed by atoms with Crippen LogP contribution in [-0.2, 0) is 27.4 Å². The number of anilines is 1. The summed E-state index contributed by atoms with van der Waals surface area (Å²) >= 11 is 0. The largest absolute Gasteiger partial charge is 0.457 e. The Kier molecular flexibility index (Phi) is 8.87. The lowest BCUT2D eigenvalue weighted by molar-refractivity contribution is -0.127. The average molecular weight is 501 g/mol. The smallest absolute Gasteiger partial charge is 0.249 e. The third-order valence-corrected chi connectivity index (χ3v) is 5.18. The summed E-state index contributed by atoms with van der Waals surface area (Å²) in [5, 5.41) is 5.51. The molecule has 1 heterocycles. The quantitative estimate of drug-likeness (QED) is 0.319. The lowest BCUT2D eigenvalue weighted by Crippen LogP contribution is -2.47. The number of rotatable bonds is 11. The van der Waals surface area contributed by atoms with Gasteiger partial charge >= 0.3 is 0 Å². The Morgan fingerprint density at radius 3 is 2.27 bits per heavy atom. The molecule has 0 aliphatic heterocycles. The van der Waals surface area contributed by atoms with Crippen molar-refractivity contribution in [2.45, 2.75) is 19.1 Å². The maximum Gasteiger partial charge on any atom is 0.249 e. The lowest BCUT2D eigenvalue weighted by Gasteiger charge is -2.19. The Hall–Kier alpha value is -4.63. The van der Waals surface area contributed by atoms with Crippen LogP contribution in [0, 0.1) is 5.82 Å². The van der Waals surface area contributed by atoms with Gasteiger partial charge in [0.05, 0.1) is 25.3 Å². The van der Waals surface area contributed by atoms with Crippen molar-refractivity contribution in [1.82, 2.24) is 15.3 Å². The van der Waals surface area contributed by atoms with Crippen molar-refractivity contribution in [1.29, 1.82) is 0 Å². The molecule has 0 aliphatic rings. The molecule has 0 saturated heterocycles. The summed E-state index contributed by atoms with van der Waals surface area (Å²) in [6, 6.07) is 20.9. The zero-order valence-electron chi connectivity index (χ0n) is 19.8. The van der Waals surface area contributed by atoms with Gasteiger partial charge in [-0.3, -0.25) is 19.6 Å². The molecule has 0 saturated carbocycles. The molecule has 9 heteroatoms. The van der Waals surface area contributed by atoms with Crippen LogP contribution in [0.25, 0.3) is 0 Å². The molecule has 0 fully saturated rings. The summed E-state index contributed by atoms with van der Waals surface area (Å²) in [7, 11) is 0. The molecule has 188 valence electrons. The van der Waals surface area contributed by atoms with Crippen molar-refractivity contribution in [3.8, 4) is 11.5 Å². The molecule has 4 aromatic rings. The number of ether oxygens (including phenoxy) is 2. The predicted octanol–water partition coefficient (Wildman–Crippen LogP) is 4.29. The third kappa shape index (κ3) is 8.22. The van der Waals surface area contributed by atoms with Gasteiger partial charge in [-0.2, -0.15) is 0 Å². The Morgan fingerprint density at radius 2 is 1.59 bits per heavy atom. The first kappa shape index (κ1) is 25.5. The van der Waals surface area contributed by atoms with Crippen molar-refractivity contribution in [3.05, 3.63) is 115 Å². The lowest BCUT2D eigenvalue weighted by atomic mass is 10.2. The Bertz CT molecular complexity index is 1290. The van der Waals surface area contributed by atoms with Crippen LogP contribution in [0.2, 0.25) is 0 Å². The van der Waals surface area contributed by atoms with Gasteiger partial charge in [-0.05, 0) is 54.1 Å². The summed E-state index contributed by atoms with van der Waals surface area (Å²) in [6.45, 7) is 0.263. The van der Waals surface area contributed by atoms with E-state index >= 15 is 0 Å². The van der Waals surface area contributed by atoms with E-state index in [9.17, 15) is 14.0 Å². The summed E-state index contributed by atoms with van der Waals surface area (Å²) in [5.74, 6) is -0.166. The Balaban J connectivity index is 1.37. The minimum absolute atomic E-state index is 0.0221. The first-order valence-corrected chi connectivity index (χ1v) is 11.6. The number of carbonyl (C=O) groups is 2. The van der Waals surface area contributed by atoms with E-state index < -0.39 is 11.9 Å². The highest BCUT2D eigenvalue weighted by atomic mass is 19.1. The second kappa shape index (κ2) is 12.9. The monoisotopic (exact) mass is 500 g/mol. The molecular formula is C28H25FN4O4. The van der Waals surface area contributed by atoms with Crippen LogP contribution in [0.15, 0.2) is 97.5 Å². The summed E-state index contributed by atoms with van der Waals surface area (Å²) < 4.78 is 24.5. The Labute approximate surface area is 213 Å². The first-order valence-electron chi connectivity index (χ1n) is 11.6. The standard InChI is InChI=1S/C28H25FN4O4/c29-21-6-10-24(11-7-21)37-25-12-8-22(9-13-25)32-28(35)26(19-36-18-20-4-2-1-3-5-20)33-27(34)16-23-17-30-14-15-31-23/h1-15,17,26H,16,18-19H2,(H,32,35)(H,33,34). The summed E-state index contributed by atoms with van der Waals surface area (Å²) in [5.41, 5.74) is 1.94. The number of nitrogens with one attached hydrogen (secondary N) is 2. The zero-order valence-corrected chi connectivity index (χ0v) is 19.8. The molecular weight excluding hydrogens is 475 g/mol. The van der Waals surface area contributed by atoms with Crippen LogP contribution in [-0.4, -0.2) is 34.4 Å². The molecule has 4 rings (SSSR count). The molecule has 37 heavy (non-hydrogen) atoms. The molecule has 1 atom stereocenters. The number of aromatic nitrogens is 2. The predicted molar refractivity (Wildman–Crippen MR) is 135 cm³/mol. The van der Waals surface area contributed by atoms with Gasteiger partial charge in [0.25, 0.3) is 0 Å². The molecule has 2 N–H and O–H groups in total. The summed E-state index contributed by atoms with van der Waals surface area (Å²) in [6.07, 6.45) is 4.49. The van der Waals surface area contributed by atoms with Gasteiger partial charge < -0.3 is 20.1 Å². The van der Waals surface area contributed by atoms with Crippen LogP contribution < -0.4 is 15.4 Å². The summed E-state index contributed by atoms with van der Waals surface area (Å²) in [4.78, 5) is 33.7. The molecule has 3 aromatic carbocycles. The van der Waals surface area contributed by atoms with Crippen molar-refractivity contribution >= 4 is 17.5 Å². The second-order valence-electron chi connectivity index (χ2n) is 8.06. The van der Waals surface area contributed by atoms with Gasteiger partial charge in [0.15, 0.2) is 0 Å². The highest BCUT2D eigenvalue weighted by Crippen LogP contribution is 2.23. The van der Waals surface area contributed by atoms with Gasteiger partial charge in [-0.25, -0.2) is 4.39 Å². The number of carbonyl (C=O) groups excluding carboxylic acids is 2. The molecule has 0 spiro atoms.